The first-order valence-electron chi connectivity index (χ1n) is 10.9. The van der Waals surface area contributed by atoms with Crippen molar-refractivity contribution >= 4 is 29.9 Å². The van der Waals surface area contributed by atoms with Crippen molar-refractivity contribution in [1.29, 1.82) is 0 Å². The highest BCUT2D eigenvalue weighted by molar-refractivity contribution is 14.0. The molecular weight excluding hydrogens is 469 g/mol. The van der Waals surface area contributed by atoms with Crippen molar-refractivity contribution in [2.45, 2.75) is 44.8 Å². The third-order valence-electron chi connectivity index (χ3n) is 6.08. The van der Waals surface area contributed by atoms with Gasteiger partial charge in [-0.1, -0.05) is 6.92 Å². The van der Waals surface area contributed by atoms with Gasteiger partial charge in [-0.3, -0.25) is 4.99 Å². The highest BCUT2D eigenvalue weighted by atomic mass is 127. The molecule has 0 radical (unpaired) electrons. The number of hydrogen-bond acceptors (Lipinski definition) is 5. The second-order valence-electron chi connectivity index (χ2n) is 7.86. The Morgan fingerprint density at radius 2 is 1.75 bits per heavy atom. The lowest BCUT2D eigenvalue weighted by Gasteiger charge is -2.37. The predicted octanol–water partition coefficient (Wildman–Crippen LogP) is 1.48. The summed E-state index contributed by atoms with van der Waals surface area (Å²) in [6, 6.07) is 0. The smallest absolute Gasteiger partial charge is 0.193 e. The minimum Gasteiger partial charge on any atom is -0.375 e. The average molecular weight is 509 g/mol. The van der Waals surface area contributed by atoms with Crippen molar-refractivity contribution in [3.8, 4) is 0 Å². The van der Waals surface area contributed by atoms with Crippen molar-refractivity contribution in [2.24, 2.45) is 4.99 Å². The van der Waals surface area contributed by atoms with Gasteiger partial charge in [0.05, 0.1) is 12.7 Å². The summed E-state index contributed by atoms with van der Waals surface area (Å²) in [6.07, 6.45) is 5.16. The van der Waals surface area contributed by atoms with Crippen LogP contribution >= 0.6 is 24.0 Å². The zero-order valence-corrected chi connectivity index (χ0v) is 20.1. The van der Waals surface area contributed by atoms with Crippen LogP contribution in [0.4, 0.5) is 0 Å². The molecule has 3 saturated heterocycles. The van der Waals surface area contributed by atoms with E-state index in [9.17, 15) is 0 Å². The molecule has 0 saturated carbocycles. The van der Waals surface area contributed by atoms with Gasteiger partial charge in [-0.2, -0.15) is 0 Å². The molecule has 3 heterocycles. The Bertz CT molecular complexity index is 454. The van der Waals surface area contributed by atoms with E-state index in [2.05, 4.69) is 31.9 Å². The molecule has 3 aliphatic heterocycles. The standard InChI is InChI=1S/C20H39N5O2.HI/c1-3-23-10-12-24(13-11-23)9-5-4-8-22-20(21-2)25-14-16-27-19(17-25)18-7-6-15-26-18;/h18-19H,3-17H2,1-2H3,(H,21,22);1H. The number of halogens is 1. The second kappa shape index (κ2) is 13.2. The summed E-state index contributed by atoms with van der Waals surface area (Å²) in [5.41, 5.74) is 0. The number of rotatable bonds is 7. The van der Waals surface area contributed by atoms with E-state index >= 15 is 0 Å². The van der Waals surface area contributed by atoms with E-state index in [1.807, 2.05) is 7.05 Å². The molecule has 0 aromatic heterocycles. The summed E-state index contributed by atoms with van der Waals surface area (Å²) in [4.78, 5) is 12.0. The number of piperazine rings is 1. The third kappa shape index (κ3) is 7.27. The summed E-state index contributed by atoms with van der Waals surface area (Å²) in [5, 5.41) is 3.56. The molecule has 0 aromatic rings. The van der Waals surface area contributed by atoms with Gasteiger partial charge < -0.3 is 29.5 Å². The number of guanidine groups is 1. The van der Waals surface area contributed by atoms with E-state index in [1.54, 1.807) is 0 Å². The predicted molar refractivity (Wildman–Crippen MR) is 125 cm³/mol. The zero-order chi connectivity index (χ0) is 18.9. The number of nitrogens with one attached hydrogen (secondary N) is 1. The van der Waals surface area contributed by atoms with Crippen molar-refractivity contribution < 1.29 is 9.47 Å². The van der Waals surface area contributed by atoms with Crippen LogP contribution in [0.2, 0.25) is 0 Å². The maximum absolute atomic E-state index is 5.95. The first-order valence-corrected chi connectivity index (χ1v) is 10.9. The van der Waals surface area contributed by atoms with Crippen molar-refractivity contribution in [3.63, 3.8) is 0 Å². The van der Waals surface area contributed by atoms with Gasteiger partial charge in [-0.15, -0.1) is 24.0 Å². The van der Waals surface area contributed by atoms with Crippen LogP contribution in [0.3, 0.4) is 0 Å². The Kier molecular flexibility index (Phi) is 11.4. The SMILES string of the molecule is CCN1CCN(CCCCNC(=NC)N2CCOC(C3CCCO3)C2)CC1.I. The number of aliphatic imine (C=N–C) groups is 1. The lowest BCUT2D eigenvalue weighted by Crippen LogP contribution is -2.53. The third-order valence-corrected chi connectivity index (χ3v) is 6.08. The topological polar surface area (TPSA) is 52.6 Å². The summed E-state index contributed by atoms with van der Waals surface area (Å²) >= 11 is 0. The van der Waals surface area contributed by atoms with E-state index in [0.29, 0.717) is 0 Å². The molecule has 3 fully saturated rings. The van der Waals surface area contributed by atoms with Gasteiger partial charge in [0.2, 0.25) is 0 Å². The highest BCUT2D eigenvalue weighted by Gasteiger charge is 2.32. The van der Waals surface area contributed by atoms with Crippen LogP contribution in [0.25, 0.3) is 0 Å². The largest absolute Gasteiger partial charge is 0.375 e. The molecule has 3 aliphatic rings. The fourth-order valence-electron chi connectivity index (χ4n) is 4.31. The zero-order valence-electron chi connectivity index (χ0n) is 17.8. The average Bonchev–Trinajstić information content (AvgIpc) is 3.26. The molecule has 7 nitrogen and oxygen atoms in total. The van der Waals surface area contributed by atoms with Gasteiger partial charge in [0.25, 0.3) is 0 Å². The number of morpholine rings is 1. The summed E-state index contributed by atoms with van der Waals surface area (Å²) < 4.78 is 11.8. The van der Waals surface area contributed by atoms with Crippen molar-refractivity contribution in [1.82, 2.24) is 20.0 Å². The maximum Gasteiger partial charge on any atom is 0.193 e. The van der Waals surface area contributed by atoms with E-state index in [4.69, 9.17) is 9.47 Å². The molecule has 8 heteroatoms. The van der Waals surface area contributed by atoms with Gasteiger partial charge in [-0.25, -0.2) is 0 Å². The molecule has 164 valence electrons. The minimum atomic E-state index is 0. The van der Waals surface area contributed by atoms with Gasteiger partial charge >= 0.3 is 0 Å². The second-order valence-corrected chi connectivity index (χ2v) is 7.86. The first kappa shape index (κ1) is 24.1. The molecule has 0 amide bonds. The van der Waals surface area contributed by atoms with Crippen LogP contribution in [-0.4, -0.2) is 112 Å². The van der Waals surface area contributed by atoms with Crippen LogP contribution in [0.1, 0.15) is 32.6 Å². The Morgan fingerprint density at radius 3 is 2.43 bits per heavy atom. The van der Waals surface area contributed by atoms with E-state index in [0.717, 1.165) is 51.6 Å². The number of unbranched alkanes of at least 4 members (excludes halogenated alkanes) is 1. The summed E-state index contributed by atoms with van der Waals surface area (Å²) in [7, 11) is 1.88. The normalized spacial score (nSPS) is 27.6. The molecule has 2 unspecified atom stereocenters. The fraction of sp³-hybridized carbons (Fsp3) is 0.950. The van der Waals surface area contributed by atoms with Crippen LogP contribution in [-0.2, 0) is 9.47 Å². The first-order chi connectivity index (χ1) is 13.3. The fourth-order valence-corrected chi connectivity index (χ4v) is 4.31. The minimum absolute atomic E-state index is 0. The molecular formula is C20H40IN5O2. The van der Waals surface area contributed by atoms with Crippen molar-refractivity contribution in [2.75, 3.05) is 79.2 Å². The molecule has 0 bridgehead atoms. The van der Waals surface area contributed by atoms with Crippen molar-refractivity contribution in [3.05, 3.63) is 0 Å². The summed E-state index contributed by atoms with van der Waals surface area (Å²) in [6.45, 7) is 14.0. The molecule has 0 aliphatic carbocycles. The van der Waals surface area contributed by atoms with E-state index in [-0.39, 0.29) is 36.2 Å². The Balaban J connectivity index is 0.00000280. The van der Waals surface area contributed by atoms with E-state index < -0.39 is 0 Å². The molecule has 3 rings (SSSR count). The Morgan fingerprint density at radius 1 is 1.00 bits per heavy atom. The Hall–Kier alpha value is -0.160. The quantitative estimate of drug-likeness (QED) is 0.243. The molecule has 0 aromatic carbocycles. The number of nitrogens with zero attached hydrogens (tertiary/aromatic N) is 4. The van der Waals surface area contributed by atoms with Gasteiger partial charge in [0, 0.05) is 59.5 Å². The monoisotopic (exact) mass is 509 g/mol. The van der Waals surface area contributed by atoms with Gasteiger partial charge in [0.15, 0.2) is 5.96 Å². The highest BCUT2D eigenvalue weighted by Crippen LogP contribution is 2.21. The lowest BCUT2D eigenvalue weighted by molar-refractivity contribution is -0.0816. The number of likely N-dealkylation sites (N-methyl/N-ethyl adjacent to an activating group) is 1. The summed E-state index contributed by atoms with van der Waals surface area (Å²) in [5.74, 6) is 1.01. The van der Waals surface area contributed by atoms with Crippen LogP contribution in [0.5, 0.6) is 0 Å². The Labute approximate surface area is 188 Å². The maximum atomic E-state index is 5.95. The molecule has 2 atom stereocenters. The van der Waals surface area contributed by atoms with E-state index in [1.165, 1.54) is 52.1 Å². The van der Waals surface area contributed by atoms with Crippen LogP contribution in [0, 0.1) is 0 Å². The molecule has 1 N–H and O–H groups in total. The lowest BCUT2D eigenvalue weighted by atomic mass is 10.1. The van der Waals surface area contributed by atoms with Gasteiger partial charge in [-0.05, 0) is 38.8 Å². The van der Waals surface area contributed by atoms with Crippen LogP contribution in [0.15, 0.2) is 4.99 Å². The number of ether oxygens (including phenoxy) is 2. The molecule has 28 heavy (non-hydrogen) atoms. The molecule has 0 spiro atoms. The van der Waals surface area contributed by atoms with Crippen LogP contribution < -0.4 is 5.32 Å². The van der Waals surface area contributed by atoms with Gasteiger partial charge in [0.1, 0.15) is 6.10 Å². The number of hydrogen-bond donors (Lipinski definition) is 1.